The molecule has 0 aliphatic carbocycles. The van der Waals surface area contributed by atoms with E-state index in [0.29, 0.717) is 0 Å². The van der Waals surface area contributed by atoms with Gasteiger partial charge in [0, 0.05) is 60.4 Å². The minimum Gasteiger partial charge on any atom is -0.371 e. The van der Waals surface area contributed by atoms with Gasteiger partial charge in [0.05, 0.1) is 5.52 Å². The van der Waals surface area contributed by atoms with Crippen LogP contribution in [-0.2, 0) is 13.0 Å². The highest BCUT2D eigenvalue weighted by Gasteiger charge is 2.22. The zero-order valence-corrected chi connectivity index (χ0v) is 13.9. The lowest BCUT2D eigenvalue weighted by atomic mass is 10.0. The molecule has 0 N–H and O–H groups in total. The van der Waals surface area contributed by atoms with E-state index in [1.165, 1.54) is 22.2 Å². The molecule has 3 aromatic rings. The van der Waals surface area contributed by atoms with E-state index in [0.717, 1.165) is 30.8 Å². The summed E-state index contributed by atoms with van der Waals surface area (Å²) in [6, 6.07) is 12.7. The van der Waals surface area contributed by atoms with Crippen LogP contribution in [0.1, 0.15) is 23.7 Å². The first-order chi connectivity index (χ1) is 11.7. The molecular weight excluding hydrogens is 294 g/mol. The van der Waals surface area contributed by atoms with Crippen molar-refractivity contribution in [2.75, 3.05) is 6.54 Å². The molecule has 0 bridgehead atoms. The van der Waals surface area contributed by atoms with Crippen LogP contribution in [0.3, 0.4) is 0 Å². The summed E-state index contributed by atoms with van der Waals surface area (Å²) in [6.45, 7) is 8.17. The molecular formula is C21H21N3. The lowest BCUT2D eigenvalue weighted by Crippen LogP contribution is -2.28. The Hall–Kier alpha value is -2.81. The van der Waals surface area contributed by atoms with Gasteiger partial charge in [0.1, 0.15) is 0 Å². The molecule has 0 atom stereocenters. The van der Waals surface area contributed by atoms with Crippen LogP contribution in [0.15, 0.2) is 61.1 Å². The zero-order chi connectivity index (χ0) is 16.5. The summed E-state index contributed by atoms with van der Waals surface area (Å²) in [5.74, 6) is 0. The number of hydrogen-bond acceptors (Lipinski definition) is 2. The highest BCUT2D eigenvalue weighted by atomic mass is 15.1. The summed E-state index contributed by atoms with van der Waals surface area (Å²) in [5.41, 5.74) is 6.36. The van der Waals surface area contributed by atoms with E-state index in [4.69, 9.17) is 0 Å². The zero-order valence-electron chi connectivity index (χ0n) is 13.9. The van der Waals surface area contributed by atoms with E-state index in [2.05, 4.69) is 70.6 Å². The average Bonchev–Trinajstić information content (AvgIpc) is 2.94. The standard InChI is InChI=1S/C21H21N3/c1-16(2)23-12-10-21-19(15-23)18-7-3-4-8-20(18)24(21)13-9-17-6-5-11-22-14-17/h3-9,11,13-14H,1,10,12,15H2,2H3/b13-9-. The first kappa shape index (κ1) is 14.8. The molecule has 2 aromatic heterocycles. The second-order valence-corrected chi connectivity index (χ2v) is 6.32. The fourth-order valence-electron chi connectivity index (χ4n) is 3.47. The summed E-state index contributed by atoms with van der Waals surface area (Å²) >= 11 is 0. The molecule has 1 aliphatic heterocycles. The Balaban J connectivity index is 1.82. The predicted octanol–water partition coefficient (Wildman–Crippen LogP) is 4.56. The quantitative estimate of drug-likeness (QED) is 0.706. The Morgan fingerprint density at radius 1 is 1.21 bits per heavy atom. The number of para-hydroxylation sites is 1. The van der Waals surface area contributed by atoms with Crippen LogP contribution in [0.5, 0.6) is 0 Å². The first-order valence-corrected chi connectivity index (χ1v) is 8.33. The van der Waals surface area contributed by atoms with Crippen molar-refractivity contribution in [2.24, 2.45) is 0 Å². The molecule has 4 rings (SSSR count). The van der Waals surface area contributed by atoms with Gasteiger partial charge in [0.2, 0.25) is 0 Å². The number of rotatable bonds is 3. The predicted molar refractivity (Wildman–Crippen MR) is 100 cm³/mol. The second-order valence-electron chi connectivity index (χ2n) is 6.32. The second kappa shape index (κ2) is 6.00. The van der Waals surface area contributed by atoms with Crippen LogP contribution in [0.4, 0.5) is 0 Å². The van der Waals surface area contributed by atoms with Crippen molar-refractivity contribution in [3.8, 4) is 0 Å². The van der Waals surface area contributed by atoms with Gasteiger partial charge in [-0.25, -0.2) is 0 Å². The van der Waals surface area contributed by atoms with Crippen LogP contribution >= 0.6 is 0 Å². The van der Waals surface area contributed by atoms with E-state index in [9.17, 15) is 0 Å². The van der Waals surface area contributed by atoms with Gasteiger partial charge in [0.15, 0.2) is 0 Å². The number of aromatic nitrogens is 2. The highest BCUT2D eigenvalue weighted by Crippen LogP contribution is 2.32. The van der Waals surface area contributed by atoms with Gasteiger partial charge in [-0.3, -0.25) is 4.98 Å². The molecule has 0 radical (unpaired) electrons. The average molecular weight is 315 g/mol. The first-order valence-electron chi connectivity index (χ1n) is 8.33. The van der Waals surface area contributed by atoms with E-state index in [1.807, 2.05) is 12.3 Å². The lowest BCUT2D eigenvalue weighted by Gasteiger charge is -2.29. The van der Waals surface area contributed by atoms with Gasteiger partial charge in [0.25, 0.3) is 0 Å². The van der Waals surface area contributed by atoms with Gasteiger partial charge in [-0.2, -0.15) is 0 Å². The van der Waals surface area contributed by atoms with E-state index >= 15 is 0 Å². The highest BCUT2D eigenvalue weighted by molar-refractivity contribution is 5.88. The minimum atomic E-state index is 0.943. The number of nitrogens with zero attached hydrogens (tertiary/aromatic N) is 3. The fourth-order valence-corrected chi connectivity index (χ4v) is 3.47. The molecule has 24 heavy (non-hydrogen) atoms. The summed E-state index contributed by atoms with van der Waals surface area (Å²) in [5, 5.41) is 1.34. The molecule has 3 nitrogen and oxygen atoms in total. The smallest absolute Gasteiger partial charge is 0.0528 e. The minimum absolute atomic E-state index is 0.943. The van der Waals surface area contributed by atoms with Gasteiger partial charge < -0.3 is 9.47 Å². The van der Waals surface area contributed by atoms with Gasteiger partial charge >= 0.3 is 0 Å². The third-order valence-electron chi connectivity index (χ3n) is 4.74. The Morgan fingerprint density at radius 2 is 2.08 bits per heavy atom. The Bertz CT molecular complexity index is 919. The van der Waals surface area contributed by atoms with Gasteiger partial charge in [-0.05, 0) is 30.7 Å². The van der Waals surface area contributed by atoms with Crippen molar-refractivity contribution < 1.29 is 0 Å². The van der Waals surface area contributed by atoms with Crippen LogP contribution in [-0.4, -0.2) is 21.0 Å². The van der Waals surface area contributed by atoms with E-state index < -0.39 is 0 Å². The summed E-state index contributed by atoms with van der Waals surface area (Å²) < 4.78 is 2.34. The molecule has 0 amide bonds. The van der Waals surface area contributed by atoms with E-state index in [1.54, 1.807) is 6.20 Å². The molecule has 0 fully saturated rings. The molecule has 1 aliphatic rings. The van der Waals surface area contributed by atoms with Crippen molar-refractivity contribution in [3.63, 3.8) is 0 Å². The van der Waals surface area contributed by atoms with Gasteiger partial charge in [-0.15, -0.1) is 0 Å². The van der Waals surface area contributed by atoms with Crippen molar-refractivity contribution >= 4 is 23.2 Å². The number of pyridine rings is 1. The molecule has 120 valence electrons. The van der Waals surface area contributed by atoms with Crippen LogP contribution in [0.25, 0.3) is 23.2 Å². The topological polar surface area (TPSA) is 21.1 Å². The maximum atomic E-state index is 4.19. The SMILES string of the molecule is C=C(C)N1CCc2c(c3ccccc3n2/C=C\c2cccnc2)C1. The molecule has 0 saturated carbocycles. The molecule has 0 spiro atoms. The Labute approximate surface area is 142 Å². The van der Waals surface area contributed by atoms with Crippen LogP contribution in [0.2, 0.25) is 0 Å². The Morgan fingerprint density at radius 3 is 2.88 bits per heavy atom. The fraction of sp³-hybridized carbons (Fsp3) is 0.190. The molecule has 0 unspecified atom stereocenters. The third kappa shape index (κ3) is 2.52. The summed E-state index contributed by atoms with van der Waals surface area (Å²) in [6.07, 6.45) is 9.03. The van der Waals surface area contributed by atoms with Crippen molar-refractivity contribution in [1.29, 1.82) is 0 Å². The van der Waals surface area contributed by atoms with Gasteiger partial charge in [-0.1, -0.05) is 30.8 Å². The molecule has 1 aromatic carbocycles. The maximum absolute atomic E-state index is 4.19. The van der Waals surface area contributed by atoms with Crippen molar-refractivity contribution in [2.45, 2.75) is 19.9 Å². The number of benzene rings is 1. The van der Waals surface area contributed by atoms with Crippen molar-refractivity contribution in [1.82, 2.24) is 14.5 Å². The largest absolute Gasteiger partial charge is 0.371 e. The maximum Gasteiger partial charge on any atom is 0.0528 e. The molecule has 3 heterocycles. The summed E-state index contributed by atoms with van der Waals surface area (Å²) in [7, 11) is 0. The number of hydrogen-bond donors (Lipinski definition) is 0. The Kier molecular flexibility index (Phi) is 3.69. The summed E-state index contributed by atoms with van der Waals surface area (Å²) in [4.78, 5) is 6.55. The van der Waals surface area contributed by atoms with Crippen molar-refractivity contribution in [3.05, 3.63) is 77.9 Å². The monoisotopic (exact) mass is 315 g/mol. The van der Waals surface area contributed by atoms with Crippen LogP contribution < -0.4 is 0 Å². The lowest BCUT2D eigenvalue weighted by molar-refractivity contribution is 0.323. The molecule has 0 saturated heterocycles. The van der Waals surface area contributed by atoms with E-state index in [-0.39, 0.29) is 0 Å². The number of fused-ring (bicyclic) bond motifs is 3. The number of allylic oxidation sites excluding steroid dienone is 1. The normalized spacial score (nSPS) is 14.3. The third-order valence-corrected chi connectivity index (χ3v) is 4.74. The molecule has 3 heteroatoms. The van der Waals surface area contributed by atoms with Crippen LogP contribution in [0, 0.1) is 0 Å².